The number of likely N-dealkylation sites (tertiary alicyclic amines) is 1. The quantitative estimate of drug-likeness (QED) is 0.721. The van der Waals surface area contributed by atoms with Gasteiger partial charge in [-0.05, 0) is 38.0 Å². The van der Waals surface area contributed by atoms with Gasteiger partial charge in [0.2, 0.25) is 5.91 Å². The number of piperidine rings is 1. The summed E-state index contributed by atoms with van der Waals surface area (Å²) in [7, 11) is 0. The summed E-state index contributed by atoms with van der Waals surface area (Å²) < 4.78 is 0. The lowest BCUT2D eigenvalue weighted by Crippen LogP contribution is -2.46. The zero-order valence-corrected chi connectivity index (χ0v) is 13.3. The zero-order valence-electron chi connectivity index (χ0n) is 11.8. The molecule has 0 bridgehead atoms. The molecule has 1 unspecified atom stereocenters. The van der Waals surface area contributed by atoms with Gasteiger partial charge >= 0.3 is 0 Å². The minimum absolute atomic E-state index is 0.00680. The van der Waals surface area contributed by atoms with Crippen molar-refractivity contribution >= 4 is 21.8 Å². The van der Waals surface area contributed by atoms with Crippen LogP contribution in [0.3, 0.4) is 0 Å². The number of alkyl halides is 1. The molecule has 2 nitrogen and oxygen atoms in total. The number of amides is 1. The molecule has 1 saturated carbocycles. The van der Waals surface area contributed by atoms with Crippen LogP contribution < -0.4 is 0 Å². The number of nitrogens with zero attached hydrogens (tertiary/aromatic N) is 1. The Morgan fingerprint density at radius 2 is 1.89 bits per heavy atom. The Balaban J connectivity index is 1.94. The van der Waals surface area contributed by atoms with Crippen molar-refractivity contribution in [2.75, 3.05) is 13.1 Å². The molecule has 2 fully saturated rings. The topological polar surface area (TPSA) is 20.3 Å². The molecular weight excluding hydrogens is 290 g/mol. The van der Waals surface area contributed by atoms with Crippen LogP contribution in [0.25, 0.3) is 0 Å². The third-order valence-electron chi connectivity index (χ3n) is 5.17. The van der Waals surface area contributed by atoms with Crippen LogP contribution in [0.15, 0.2) is 0 Å². The van der Waals surface area contributed by atoms with Crippen LogP contribution in [0.4, 0.5) is 0 Å². The standard InChI is InChI=1S/C15H26BrNO/c1-3-15(8-4-5-9-15)14(18)17-10-6-13(7-11-17)12(2)16/h12-13H,3-11H2,1-2H3. The fourth-order valence-electron chi connectivity index (χ4n) is 3.67. The molecule has 1 atom stereocenters. The van der Waals surface area contributed by atoms with Crippen molar-refractivity contribution in [3.05, 3.63) is 0 Å². The van der Waals surface area contributed by atoms with Crippen molar-refractivity contribution in [1.29, 1.82) is 0 Å². The molecular formula is C15H26BrNO. The lowest BCUT2D eigenvalue weighted by molar-refractivity contribution is -0.143. The van der Waals surface area contributed by atoms with Crippen molar-refractivity contribution in [2.45, 2.75) is 63.6 Å². The third-order valence-corrected chi connectivity index (χ3v) is 5.92. The Kier molecular flexibility index (Phi) is 4.74. The highest BCUT2D eigenvalue weighted by Crippen LogP contribution is 2.43. The van der Waals surface area contributed by atoms with E-state index in [4.69, 9.17) is 0 Å². The summed E-state index contributed by atoms with van der Waals surface area (Å²) in [5.74, 6) is 1.21. The van der Waals surface area contributed by atoms with E-state index in [2.05, 4.69) is 34.7 Å². The first-order valence-electron chi connectivity index (χ1n) is 7.52. The monoisotopic (exact) mass is 315 g/mol. The van der Waals surface area contributed by atoms with E-state index in [0.717, 1.165) is 51.1 Å². The van der Waals surface area contributed by atoms with Crippen LogP contribution in [0.5, 0.6) is 0 Å². The number of carbonyl (C=O) groups is 1. The average Bonchev–Trinajstić information content (AvgIpc) is 2.88. The van der Waals surface area contributed by atoms with Gasteiger partial charge in [-0.3, -0.25) is 4.79 Å². The Morgan fingerprint density at radius 3 is 2.33 bits per heavy atom. The maximum atomic E-state index is 12.7. The van der Waals surface area contributed by atoms with Gasteiger partial charge in [-0.15, -0.1) is 0 Å². The van der Waals surface area contributed by atoms with E-state index in [0.29, 0.717) is 10.7 Å². The Bertz CT molecular complexity index is 289. The lowest BCUT2D eigenvalue weighted by Gasteiger charge is -2.38. The molecule has 1 amide bonds. The summed E-state index contributed by atoms with van der Waals surface area (Å²) >= 11 is 3.68. The number of rotatable bonds is 3. The van der Waals surface area contributed by atoms with E-state index >= 15 is 0 Å². The van der Waals surface area contributed by atoms with Gasteiger partial charge in [-0.25, -0.2) is 0 Å². The van der Waals surface area contributed by atoms with Crippen LogP contribution in [0.1, 0.15) is 58.8 Å². The smallest absolute Gasteiger partial charge is 0.228 e. The molecule has 0 spiro atoms. The minimum Gasteiger partial charge on any atom is -0.342 e. The summed E-state index contributed by atoms with van der Waals surface area (Å²) in [6.07, 6.45) is 8.09. The molecule has 1 saturated heterocycles. The predicted molar refractivity (Wildman–Crippen MR) is 78.9 cm³/mol. The first-order chi connectivity index (χ1) is 8.59. The van der Waals surface area contributed by atoms with Crippen molar-refractivity contribution in [3.63, 3.8) is 0 Å². The Labute approximate surface area is 120 Å². The zero-order chi connectivity index (χ0) is 13.2. The Hall–Kier alpha value is -0.0500. The first kappa shape index (κ1) is 14.4. The largest absolute Gasteiger partial charge is 0.342 e. The SMILES string of the molecule is CCC1(C(=O)N2CCC(C(C)Br)CC2)CCCC1. The van der Waals surface area contributed by atoms with E-state index in [-0.39, 0.29) is 5.41 Å². The molecule has 2 rings (SSSR count). The van der Waals surface area contributed by atoms with Gasteiger partial charge in [0.1, 0.15) is 0 Å². The van der Waals surface area contributed by atoms with Gasteiger partial charge in [0.15, 0.2) is 0 Å². The van der Waals surface area contributed by atoms with Gasteiger partial charge < -0.3 is 4.90 Å². The third kappa shape index (κ3) is 2.76. The molecule has 1 aliphatic heterocycles. The van der Waals surface area contributed by atoms with Crippen molar-refractivity contribution in [1.82, 2.24) is 4.90 Å². The number of hydrogen-bond acceptors (Lipinski definition) is 1. The van der Waals surface area contributed by atoms with Gasteiger partial charge in [0.05, 0.1) is 0 Å². The van der Waals surface area contributed by atoms with Crippen LogP contribution in [0, 0.1) is 11.3 Å². The number of carbonyl (C=O) groups excluding carboxylic acids is 1. The second-order valence-corrected chi connectivity index (χ2v) is 7.59. The first-order valence-corrected chi connectivity index (χ1v) is 8.44. The van der Waals surface area contributed by atoms with Gasteiger partial charge in [0.25, 0.3) is 0 Å². The molecule has 104 valence electrons. The van der Waals surface area contributed by atoms with Gasteiger partial charge in [0, 0.05) is 23.3 Å². The molecule has 0 N–H and O–H groups in total. The molecule has 0 aromatic carbocycles. The van der Waals surface area contributed by atoms with Crippen LogP contribution in [-0.4, -0.2) is 28.7 Å². The van der Waals surface area contributed by atoms with E-state index < -0.39 is 0 Å². The minimum atomic E-state index is 0.00680. The molecule has 1 aliphatic carbocycles. The maximum absolute atomic E-state index is 12.7. The Morgan fingerprint density at radius 1 is 1.33 bits per heavy atom. The summed E-state index contributed by atoms with van der Waals surface area (Å²) in [5.41, 5.74) is 0.00680. The normalized spacial score (nSPS) is 26.3. The summed E-state index contributed by atoms with van der Waals surface area (Å²) in [6.45, 7) is 6.37. The summed E-state index contributed by atoms with van der Waals surface area (Å²) in [6, 6.07) is 0. The van der Waals surface area contributed by atoms with Crippen LogP contribution >= 0.6 is 15.9 Å². The van der Waals surface area contributed by atoms with Crippen molar-refractivity contribution < 1.29 is 4.79 Å². The predicted octanol–water partition coefficient (Wildman–Crippen LogP) is 3.98. The van der Waals surface area contributed by atoms with E-state index in [1.807, 2.05) is 0 Å². The molecule has 3 heteroatoms. The second-order valence-electron chi connectivity index (χ2n) is 6.15. The second kappa shape index (κ2) is 5.94. The van der Waals surface area contributed by atoms with Gasteiger partial charge in [-0.1, -0.05) is 42.6 Å². The molecule has 1 heterocycles. The van der Waals surface area contributed by atoms with Gasteiger partial charge in [-0.2, -0.15) is 0 Å². The van der Waals surface area contributed by atoms with E-state index in [9.17, 15) is 4.79 Å². The molecule has 0 radical (unpaired) electrons. The summed E-state index contributed by atoms with van der Waals surface area (Å²) in [5, 5.41) is 0. The van der Waals surface area contributed by atoms with Crippen LogP contribution in [-0.2, 0) is 4.79 Å². The maximum Gasteiger partial charge on any atom is 0.228 e. The van der Waals surface area contributed by atoms with Crippen LogP contribution in [0.2, 0.25) is 0 Å². The molecule has 2 aliphatic rings. The molecule has 0 aromatic heterocycles. The molecule has 0 aromatic rings. The van der Waals surface area contributed by atoms with Crippen molar-refractivity contribution in [2.24, 2.45) is 11.3 Å². The highest BCUT2D eigenvalue weighted by Gasteiger charge is 2.42. The van der Waals surface area contributed by atoms with E-state index in [1.165, 1.54) is 12.8 Å². The fraction of sp³-hybridized carbons (Fsp3) is 0.933. The van der Waals surface area contributed by atoms with E-state index in [1.54, 1.807) is 0 Å². The fourth-order valence-corrected chi connectivity index (χ4v) is 4.20. The average molecular weight is 316 g/mol. The van der Waals surface area contributed by atoms with Crippen molar-refractivity contribution in [3.8, 4) is 0 Å². The lowest BCUT2D eigenvalue weighted by atomic mass is 9.81. The highest BCUT2D eigenvalue weighted by molar-refractivity contribution is 9.09. The number of halogens is 1. The molecule has 18 heavy (non-hydrogen) atoms. The highest BCUT2D eigenvalue weighted by atomic mass is 79.9. The summed E-state index contributed by atoms with van der Waals surface area (Å²) in [4.78, 5) is 15.5. The number of hydrogen-bond donors (Lipinski definition) is 0.